The van der Waals surface area contributed by atoms with E-state index in [4.69, 9.17) is 10.5 Å². The summed E-state index contributed by atoms with van der Waals surface area (Å²) < 4.78 is 6.22. The molecule has 100 valence electrons. The van der Waals surface area contributed by atoms with Crippen LogP contribution in [0.3, 0.4) is 0 Å². The lowest BCUT2D eigenvalue weighted by molar-refractivity contribution is 0.161. The second-order valence-electron chi connectivity index (χ2n) is 5.66. The van der Waals surface area contributed by atoms with Crippen molar-refractivity contribution in [1.29, 1.82) is 0 Å². The number of nitrogens with two attached hydrogens (primary N) is 1. The highest BCUT2D eigenvalue weighted by Gasteiger charge is 2.22. The summed E-state index contributed by atoms with van der Waals surface area (Å²) in [6.45, 7) is 6.39. The Morgan fingerprint density at radius 1 is 1.06 bits per heavy atom. The third kappa shape index (κ3) is 3.05. The van der Waals surface area contributed by atoms with E-state index in [1.54, 1.807) is 0 Å². The first-order valence-corrected chi connectivity index (χ1v) is 7.08. The van der Waals surface area contributed by atoms with Crippen LogP contribution in [0, 0.1) is 20.8 Å². The highest BCUT2D eigenvalue weighted by Crippen LogP contribution is 2.27. The second-order valence-corrected chi connectivity index (χ2v) is 5.66. The summed E-state index contributed by atoms with van der Waals surface area (Å²) >= 11 is 0. The molecule has 1 saturated carbocycles. The minimum atomic E-state index is 0.187. The summed E-state index contributed by atoms with van der Waals surface area (Å²) in [6, 6.07) is 4.53. The quantitative estimate of drug-likeness (QED) is 0.810. The molecule has 1 aliphatic carbocycles. The molecule has 2 unspecified atom stereocenters. The molecule has 1 aromatic rings. The molecule has 0 aromatic heterocycles. The highest BCUT2D eigenvalue weighted by atomic mass is 16.5. The minimum absolute atomic E-state index is 0.187. The summed E-state index contributed by atoms with van der Waals surface area (Å²) in [7, 11) is 0. The molecule has 18 heavy (non-hydrogen) atoms. The van der Waals surface area contributed by atoms with E-state index in [-0.39, 0.29) is 12.1 Å². The van der Waals surface area contributed by atoms with Crippen LogP contribution in [0.25, 0.3) is 0 Å². The molecule has 0 heterocycles. The van der Waals surface area contributed by atoms with E-state index in [1.807, 2.05) is 0 Å². The van der Waals surface area contributed by atoms with Gasteiger partial charge in [0, 0.05) is 6.04 Å². The van der Waals surface area contributed by atoms with Crippen molar-refractivity contribution in [2.75, 3.05) is 0 Å². The van der Waals surface area contributed by atoms with E-state index in [2.05, 4.69) is 32.9 Å². The molecule has 2 atom stereocenters. The first-order valence-electron chi connectivity index (χ1n) is 7.08. The van der Waals surface area contributed by atoms with Crippen molar-refractivity contribution in [2.24, 2.45) is 5.73 Å². The summed E-state index contributed by atoms with van der Waals surface area (Å²) in [5.41, 5.74) is 10.0. The van der Waals surface area contributed by atoms with Crippen molar-refractivity contribution >= 4 is 0 Å². The third-order valence-electron chi connectivity index (χ3n) is 4.05. The molecule has 0 spiro atoms. The molecule has 0 bridgehead atoms. The van der Waals surface area contributed by atoms with Crippen LogP contribution in [-0.2, 0) is 0 Å². The van der Waals surface area contributed by atoms with E-state index in [1.165, 1.54) is 36.0 Å². The van der Waals surface area contributed by atoms with Crippen molar-refractivity contribution < 1.29 is 4.74 Å². The second kappa shape index (κ2) is 5.75. The first kappa shape index (κ1) is 13.4. The van der Waals surface area contributed by atoms with Gasteiger partial charge >= 0.3 is 0 Å². The average Bonchev–Trinajstić information content (AvgIpc) is 2.51. The van der Waals surface area contributed by atoms with Crippen LogP contribution in [0.4, 0.5) is 0 Å². The van der Waals surface area contributed by atoms with Crippen LogP contribution in [0.15, 0.2) is 12.1 Å². The van der Waals surface area contributed by atoms with Gasteiger partial charge in [-0.25, -0.2) is 0 Å². The Morgan fingerprint density at radius 2 is 1.78 bits per heavy atom. The Hall–Kier alpha value is -1.02. The van der Waals surface area contributed by atoms with Gasteiger partial charge in [0.25, 0.3) is 0 Å². The molecule has 1 fully saturated rings. The Kier molecular flexibility index (Phi) is 4.28. The topological polar surface area (TPSA) is 35.2 Å². The molecule has 0 aliphatic heterocycles. The molecule has 2 rings (SSSR count). The van der Waals surface area contributed by atoms with Crippen LogP contribution >= 0.6 is 0 Å². The Labute approximate surface area is 111 Å². The standard InChI is InChI=1S/C16H25NO/c1-11-9-12(2)13(3)16(10-11)18-15-8-6-4-5-7-14(15)17/h9-10,14-15H,4-8,17H2,1-3H3. The number of benzene rings is 1. The van der Waals surface area contributed by atoms with Crippen molar-refractivity contribution in [3.63, 3.8) is 0 Å². The summed E-state index contributed by atoms with van der Waals surface area (Å²) in [4.78, 5) is 0. The lowest BCUT2D eigenvalue weighted by Crippen LogP contribution is -2.38. The molecule has 1 aromatic carbocycles. The molecule has 2 N–H and O–H groups in total. The summed E-state index contributed by atoms with van der Waals surface area (Å²) in [5, 5.41) is 0. The zero-order chi connectivity index (χ0) is 13.1. The maximum absolute atomic E-state index is 6.23. The minimum Gasteiger partial charge on any atom is -0.489 e. The summed E-state index contributed by atoms with van der Waals surface area (Å²) in [6.07, 6.45) is 6.14. The van der Waals surface area contributed by atoms with Crippen molar-refractivity contribution in [1.82, 2.24) is 0 Å². The van der Waals surface area contributed by atoms with Gasteiger partial charge in [-0.2, -0.15) is 0 Å². The molecule has 1 aliphatic rings. The number of ether oxygens (including phenoxy) is 1. The van der Waals surface area contributed by atoms with Gasteiger partial charge in [0.2, 0.25) is 0 Å². The fourth-order valence-electron chi connectivity index (χ4n) is 2.73. The normalized spacial score (nSPS) is 24.7. The number of aryl methyl sites for hydroxylation is 2. The monoisotopic (exact) mass is 247 g/mol. The third-order valence-corrected chi connectivity index (χ3v) is 4.05. The first-order chi connectivity index (χ1) is 8.58. The molecular formula is C16H25NO. The number of hydrogen-bond donors (Lipinski definition) is 1. The molecular weight excluding hydrogens is 222 g/mol. The van der Waals surface area contributed by atoms with E-state index in [9.17, 15) is 0 Å². The van der Waals surface area contributed by atoms with Gasteiger partial charge in [-0.3, -0.25) is 0 Å². The molecule has 0 amide bonds. The highest BCUT2D eigenvalue weighted by molar-refractivity contribution is 5.42. The molecule has 0 saturated heterocycles. The zero-order valence-corrected chi connectivity index (χ0v) is 11.8. The fraction of sp³-hybridized carbons (Fsp3) is 0.625. The summed E-state index contributed by atoms with van der Waals surface area (Å²) in [5.74, 6) is 1.02. The Morgan fingerprint density at radius 3 is 2.56 bits per heavy atom. The van der Waals surface area contributed by atoms with Crippen LogP contribution in [0.5, 0.6) is 5.75 Å². The predicted molar refractivity (Wildman–Crippen MR) is 76.1 cm³/mol. The van der Waals surface area contributed by atoms with Gasteiger partial charge in [0.05, 0.1) is 0 Å². The van der Waals surface area contributed by atoms with Gasteiger partial charge < -0.3 is 10.5 Å². The van der Waals surface area contributed by atoms with Crippen molar-refractivity contribution in [2.45, 2.75) is 65.0 Å². The lowest BCUT2D eigenvalue weighted by Gasteiger charge is -2.24. The van der Waals surface area contributed by atoms with Crippen LogP contribution in [0.2, 0.25) is 0 Å². The van der Waals surface area contributed by atoms with Crippen LogP contribution in [0.1, 0.15) is 48.8 Å². The number of rotatable bonds is 2. The van der Waals surface area contributed by atoms with E-state index in [0.717, 1.165) is 18.6 Å². The lowest BCUT2D eigenvalue weighted by atomic mass is 10.0. The maximum Gasteiger partial charge on any atom is 0.123 e. The van der Waals surface area contributed by atoms with E-state index in [0.29, 0.717) is 0 Å². The molecule has 0 radical (unpaired) electrons. The fourth-order valence-corrected chi connectivity index (χ4v) is 2.73. The van der Waals surface area contributed by atoms with Gasteiger partial charge in [0.15, 0.2) is 0 Å². The molecule has 2 nitrogen and oxygen atoms in total. The van der Waals surface area contributed by atoms with Crippen LogP contribution in [-0.4, -0.2) is 12.1 Å². The number of hydrogen-bond acceptors (Lipinski definition) is 2. The van der Waals surface area contributed by atoms with E-state index >= 15 is 0 Å². The van der Waals surface area contributed by atoms with Crippen molar-refractivity contribution in [3.05, 3.63) is 28.8 Å². The SMILES string of the molecule is Cc1cc(C)c(C)c(OC2CCCCCC2N)c1. The van der Waals surface area contributed by atoms with Crippen LogP contribution < -0.4 is 10.5 Å². The van der Waals surface area contributed by atoms with Gasteiger partial charge in [-0.1, -0.05) is 18.9 Å². The largest absolute Gasteiger partial charge is 0.489 e. The predicted octanol–water partition coefficient (Wildman–Crippen LogP) is 3.65. The van der Waals surface area contributed by atoms with Gasteiger partial charge in [0.1, 0.15) is 11.9 Å². The van der Waals surface area contributed by atoms with Crippen molar-refractivity contribution in [3.8, 4) is 5.75 Å². The Balaban J connectivity index is 2.17. The average molecular weight is 247 g/mol. The smallest absolute Gasteiger partial charge is 0.123 e. The maximum atomic E-state index is 6.23. The zero-order valence-electron chi connectivity index (χ0n) is 11.8. The Bertz CT molecular complexity index is 414. The molecule has 2 heteroatoms. The van der Waals surface area contributed by atoms with Gasteiger partial charge in [-0.15, -0.1) is 0 Å². The van der Waals surface area contributed by atoms with E-state index < -0.39 is 0 Å². The van der Waals surface area contributed by atoms with Gasteiger partial charge in [-0.05, 0) is 62.8 Å².